The second-order valence-corrected chi connectivity index (χ2v) is 6.82. The van der Waals surface area contributed by atoms with Gasteiger partial charge in [0.2, 0.25) is 5.69 Å². The maximum Gasteiger partial charge on any atom is 0.344 e. The number of nitrogens with zero attached hydrogens (tertiary/aromatic N) is 2. The fourth-order valence-electron chi connectivity index (χ4n) is 2.68. The van der Waals surface area contributed by atoms with Gasteiger partial charge in [-0.2, -0.15) is 0 Å². The summed E-state index contributed by atoms with van der Waals surface area (Å²) in [5.74, 6) is -0.992. The van der Waals surface area contributed by atoms with Gasteiger partial charge in [0, 0.05) is 18.1 Å². The zero-order chi connectivity index (χ0) is 17.1. The third-order valence-electron chi connectivity index (χ3n) is 3.86. The zero-order valence-electron chi connectivity index (χ0n) is 12.8. The van der Waals surface area contributed by atoms with Crippen LogP contribution in [-0.4, -0.2) is 37.4 Å². The van der Waals surface area contributed by atoms with E-state index in [1.165, 1.54) is 11.3 Å². The number of rotatable bonds is 4. The molecule has 7 heteroatoms. The summed E-state index contributed by atoms with van der Waals surface area (Å²) < 4.78 is 5.34. The van der Waals surface area contributed by atoms with Crippen molar-refractivity contribution in [2.75, 3.05) is 31.2 Å². The Labute approximate surface area is 148 Å². The Morgan fingerprint density at radius 3 is 2.58 bits per heavy atom. The number of carbonyl (C=O) groups is 1. The molecule has 0 spiro atoms. The lowest BCUT2D eigenvalue weighted by atomic mass is 10.0. The minimum absolute atomic E-state index is 0.234. The summed E-state index contributed by atoms with van der Waals surface area (Å²) >= 11 is 7.08. The van der Waals surface area contributed by atoms with Crippen LogP contribution < -0.4 is 4.90 Å². The van der Waals surface area contributed by atoms with Crippen LogP contribution in [0.3, 0.4) is 0 Å². The maximum atomic E-state index is 11.7. The van der Waals surface area contributed by atoms with Gasteiger partial charge in [-0.05, 0) is 29.7 Å². The van der Waals surface area contributed by atoms with Crippen molar-refractivity contribution in [1.29, 1.82) is 0 Å². The van der Waals surface area contributed by atoms with Gasteiger partial charge in [-0.25, -0.2) is 9.64 Å². The van der Waals surface area contributed by atoms with Crippen LogP contribution in [0.25, 0.3) is 4.85 Å². The lowest BCUT2D eigenvalue weighted by Gasteiger charge is -2.28. The number of anilines is 1. The van der Waals surface area contributed by atoms with E-state index in [4.69, 9.17) is 22.9 Å². The topological polar surface area (TPSA) is 54.1 Å². The largest absolute Gasteiger partial charge is 0.477 e. The van der Waals surface area contributed by atoms with Gasteiger partial charge < -0.3 is 14.7 Å². The number of halogens is 1. The first-order chi connectivity index (χ1) is 11.6. The number of hydrogen-bond donors (Lipinski definition) is 1. The van der Waals surface area contributed by atoms with E-state index in [1.807, 2.05) is 17.0 Å². The number of thiophene rings is 1. The molecule has 0 bridgehead atoms. The Kier molecular flexibility index (Phi) is 5.05. The van der Waals surface area contributed by atoms with Crippen LogP contribution in [0.5, 0.6) is 0 Å². The van der Waals surface area contributed by atoms with Crippen LogP contribution in [0, 0.1) is 6.57 Å². The molecule has 1 N–H and O–H groups in total. The summed E-state index contributed by atoms with van der Waals surface area (Å²) in [6, 6.07) is 7.25. The Morgan fingerprint density at radius 1 is 1.33 bits per heavy atom. The molecule has 2 aromatic rings. The van der Waals surface area contributed by atoms with Crippen LogP contribution in [0.4, 0.5) is 10.7 Å². The zero-order valence-corrected chi connectivity index (χ0v) is 14.4. The highest BCUT2D eigenvalue weighted by atomic mass is 35.5. The van der Waals surface area contributed by atoms with Crippen molar-refractivity contribution >= 4 is 39.6 Å². The van der Waals surface area contributed by atoms with Crippen LogP contribution in [0.2, 0.25) is 5.02 Å². The number of aromatic carboxylic acids is 1. The van der Waals surface area contributed by atoms with Gasteiger partial charge in [0.05, 0.1) is 24.8 Å². The normalized spacial score (nSPS) is 14.4. The molecule has 1 fully saturated rings. The molecule has 1 aromatic heterocycles. The molecule has 1 saturated heterocycles. The smallest absolute Gasteiger partial charge is 0.344 e. The minimum Gasteiger partial charge on any atom is -0.477 e. The summed E-state index contributed by atoms with van der Waals surface area (Å²) in [6.07, 6.45) is 0.400. The molecule has 1 aromatic carbocycles. The first-order valence-electron chi connectivity index (χ1n) is 7.43. The average molecular weight is 363 g/mol. The number of carboxylic acids is 1. The molecular weight excluding hydrogens is 348 g/mol. The van der Waals surface area contributed by atoms with Crippen molar-refractivity contribution in [3.05, 3.63) is 56.7 Å². The van der Waals surface area contributed by atoms with Crippen molar-refractivity contribution in [2.24, 2.45) is 0 Å². The van der Waals surface area contributed by atoms with E-state index in [2.05, 4.69) is 4.85 Å². The molecule has 124 valence electrons. The van der Waals surface area contributed by atoms with Crippen LogP contribution >= 0.6 is 22.9 Å². The Bertz CT molecular complexity index is 789. The van der Waals surface area contributed by atoms with E-state index in [-0.39, 0.29) is 4.88 Å². The summed E-state index contributed by atoms with van der Waals surface area (Å²) in [7, 11) is 0. The quantitative estimate of drug-likeness (QED) is 0.833. The third-order valence-corrected chi connectivity index (χ3v) is 5.38. The first kappa shape index (κ1) is 16.8. The number of morpholine rings is 1. The molecule has 0 radical (unpaired) electrons. The van der Waals surface area contributed by atoms with Crippen molar-refractivity contribution in [3.8, 4) is 0 Å². The monoisotopic (exact) mass is 362 g/mol. The third kappa shape index (κ3) is 3.39. The average Bonchev–Trinajstić information content (AvgIpc) is 2.96. The highest BCUT2D eigenvalue weighted by molar-refractivity contribution is 7.18. The molecule has 1 aliphatic heterocycles. The number of benzene rings is 1. The van der Waals surface area contributed by atoms with Gasteiger partial charge in [0.1, 0.15) is 4.88 Å². The molecule has 2 heterocycles. The Balaban J connectivity index is 2.02. The van der Waals surface area contributed by atoms with Gasteiger partial charge >= 0.3 is 5.97 Å². The molecule has 1 aliphatic rings. The number of ether oxygens (including phenoxy) is 1. The van der Waals surface area contributed by atoms with Gasteiger partial charge in [0.15, 0.2) is 0 Å². The molecule has 0 amide bonds. The fourth-order valence-corrected chi connectivity index (χ4v) is 3.96. The molecule has 5 nitrogen and oxygen atoms in total. The van der Waals surface area contributed by atoms with Gasteiger partial charge in [-0.1, -0.05) is 23.7 Å². The minimum atomic E-state index is -0.992. The van der Waals surface area contributed by atoms with E-state index in [1.54, 1.807) is 12.1 Å². The predicted molar refractivity (Wildman–Crippen MR) is 94.8 cm³/mol. The highest BCUT2D eigenvalue weighted by Gasteiger charge is 2.26. The van der Waals surface area contributed by atoms with E-state index in [9.17, 15) is 9.90 Å². The molecule has 0 aliphatic carbocycles. The van der Waals surface area contributed by atoms with Crippen molar-refractivity contribution < 1.29 is 14.6 Å². The molecule has 24 heavy (non-hydrogen) atoms. The maximum absolute atomic E-state index is 11.7. The number of hydrogen-bond acceptors (Lipinski definition) is 4. The summed E-state index contributed by atoms with van der Waals surface area (Å²) in [5, 5.41) is 10.9. The molecule has 0 saturated carbocycles. The van der Waals surface area contributed by atoms with Gasteiger partial charge in [-0.3, -0.25) is 0 Å². The van der Waals surface area contributed by atoms with E-state index in [0.29, 0.717) is 49.0 Å². The van der Waals surface area contributed by atoms with Crippen LogP contribution in [-0.2, 0) is 11.2 Å². The second kappa shape index (κ2) is 7.22. The predicted octanol–water partition coefficient (Wildman–Crippen LogP) is 4.08. The molecule has 0 atom stereocenters. The Hall–Kier alpha value is -2.07. The number of carboxylic acid groups (broad SMARTS) is 1. The molecule has 0 unspecified atom stereocenters. The van der Waals surface area contributed by atoms with Crippen LogP contribution in [0.1, 0.15) is 20.8 Å². The van der Waals surface area contributed by atoms with Crippen molar-refractivity contribution in [2.45, 2.75) is 6.42 Å². The van der Waals surface area contributed by atoms with E-state index in [0.717, 1.165) is 10.6 Å². The van der Waals surface area contributed by atoms with E-state index >= 15 is 0 Å². The second-order valence-electron chi connectivity index (χ2n) is 5.38. The van der Waals surface area contributed by atoms with Crippen molar-refractivity contribution in [3.63, 3.8) is 0 Å². The molecular formula is C17H15ClN2O3S. The summed E-state index contributed by atoms with van der Waals surface area (Å²) in [5.41, 5.74) is 1.94. The van der Waals surface area contributed by atoms with Gasteiger partial charge in [0.25, 0.3) is 0 Å². The standard InChI is InChI=1S/C17H15ClN2O3S/c1-19-14-13(10-11-2-4-12(18)5-3-11)15(17(21)22)24-16(14)20-6-8-23-9-7-20/h2-5H,6-10H2,(H,21,22). The summed E-state index contributed by atoms with van der Waals surface area (Å²) in [4.78, 5) is 17.6. The first-order valence-corrected chi connectivity index (χ1v) is 8.63. The van der Waals surface area contributed by atoms with Crippen molar-refractivity contribution in [1.82, 2.24) is 0 Å². The highest BCUT2D eigenvalue weighted by Crippen LogP contribution is 2.44. The van der Waals surface area contributed by atoms with Crippen LogP contribution in [0.15, 0.2) is 24.3 Å². The lowest BCUT2D eigenvalue weighted by Crippen LogP contribution is -2.35. The summed E-state index contributed by atoms with van der Waals surface area (Å²) in [6.45, 7) is 10.1. The SMILES string of the molecule is [C-]#[N+]c1c(N2CCOCC2)sc(C(=O)O)c1Cc1ccc(Cl)cc1. The van der Waals surface area contributed by atoms with Gasteiger partial charge in [-0.15, -0.1) is 11.3 Å². The Morgan fingerprint density at radius 2 is 2.00 bits per heavy atom. The fraction of sp³-hybridized carbons (Fsp3) is 0.294. The molecule has 3 rings (SSSR count). The van der Waals surface area contributed by atoms with E-state index < -0.39 is 5.97 Å². The lowest BCUT2D eigenvalue weighted by molar-refractivity contribution is 0.0701.